The van der Waals surface area contributed by atoms with Gasteiger partial charge in [-0.15, -0.1) is 0 Å². The van der Waals surface area contributed by atoms with Crippen molar-refractivity contribution in [1.82, 2.24) is 10.0 Å². The summed E-state index contributed by atoms with van der Waals surface area (Å²) in [5.74, 6) is -0.201. The molecule has 3 aromatic rings. The van der Waals surface area contributed by atoms with Gasteiger partial charge in [0.25, 0.3) is 15.9 Å². The van der Waals surface area contributed by atoms with Gasteiger partial charge >= 0.3 is 0 Å². The van der Waals surface area contributed by atoms with Crippen molar-refractivity contribution < 1.29 is 13.2 Å². The third kappa shape index (κ3) is 4.98. The average molecular weight is 508 g/mol. The third-order valence-electron chi connectivity index (χ3n) is 6.43. The smallest absolute Gasteiger partial charge is 0.256 e. The predicted octanol–water partition coefficient (Wildman–Crippen LogP) is 4.79. The van der Waals surface area contributed by atoms with Crippen molar-refractivity contribution in [2.75, 3.05) is 11.9 Å². The molecule has 1 aliphatic carbocycles. The van der Waals surface area contributed by atoms with E-state index in [2.05, 4.69) is 15.4 Å². The van der Waals surface area contributed by atoms with E-state index in [0.717, 1.165) is 27.8 Å². The highest BCUT2D eigenvalue weighted by Gasteiger charge is 2.29. The summed E-state index contributed by atoms with van der Waals surface area (Å²) >= 11 is 6.05. The van der Waals surface area contributed by atoms with Gasteiger partial charge in [-0.05, 0) is 90.4 Å². The molecule has 1 amide bonds. The number of halogens is 1. The van der Waals surface area contributed by atoms with Crippen LogP contribution in [0.25, 0.3) is 11.1 Å². The number of carbonyl (C=O) groups excluding carboxylic acids is 1. The summed E-state index contributed by atoms with van der Waals surface area (Å²) in [6.45, 7) is 2.62. The molecule has 0 saturated carbocycles. The fraction of sp³-hybridized carbons (Fsp3) is 0.222. The first-order valence-corrected chi connectivity index (χ1v) is 13.4. The molecule has 0 saturated heterocycles. The Morgan fingerprint density at radius 3 is 2.54 bits per heavy atom. The molecule has 0 radical (unpaired) electrons. The van der Waals surface area contributed by atoms with Crippen molar-refractivity contribution in [3.8, 4) is 11.1 Å². The average Bonchev–Trinajstić information content (AvgIpc) is 3.49. The molecular weight excluding hydrogens is 482 g/mol. The zero-order valence-electron chi connectivity index (χ0n) is 19.3. The number of carbonyl (C=O) groups is 1. The monoisotopic (exact) mass is 507 g/mol. The Labute approximate surface area is 210 Å². The molecule has 0 bridgehead atoms. The van der Waals surface area contributed by atoms with Crippen LogP contribution in [0.2, 0.25) is 5.02 Å². The minimum atomic E-state index is -3.54. The molecule has 2 aliphatic rings. The van der Waals surface area contributed by atoms with E-state index in [1.165, 1.54) is 0 Å². The van der Waals surface area contributed by atoms with Crippen LogP contribution in [0.3, 0.4) is 0 Å². The van der Waals surface area contributed by atoms with Crippen LogP contribution < -0.4 is 15.4 Å². The van der Waals surface area contributed by atoms with Gasteiger partial charge in [-0.25, -0.2) is 13.1 Å². The number of anilines is 1. The number of amides is 1. The minimum Gasteiger partial charge on any atom is -0.375 e. The normalized spacial score (nSPS) is 17.0. The van der Waals surface area contributed by atoms with E-state index in [1.54, 1.807) is 6.08 Å². The number of hydrogen-bond donors (Lipinski definition) is 3. The highest BCUT2D eigenvalue weighted by molar-refractivity contribution is 7.93. The molecule has 1 heterocycles. The molecule has 0 fully saturated rings. The zero-order valence-corrected chi connectivity index (χ0v) is 20.8. The number of fused-ring (bicyclic) bond motifs is 1. The zero-order chi connectivity index (χ0) is 24.6. The Hall–Kier alpha value is -3.13. The van der Waals surface area contributed by atoms with Gasteiger partial charge in [0.15, 0.2) is 0 Å². The highest BCUT2D eigenvalue weighted by Crippen LogP contribution is 2.31. The van der Waals surface area contributed by atoms with Gasteiger partial charge < -0.3 is 10.6 Å². The summed E-state index contributed by atoms with van der Waals surface area (Å²) in [4.78, 5) is 13.3. The van der Waals surface area contributed by atoms with E-state index < -0.39 is 10.0 Å². The Morgan fingerprint density at radius 2 is 1.80 bits per heavy atom. The van der Waals surface area contributed by atoms with Crippen molar-refractivity contribution in [2.24, 2.45) is 0 Å². The fourth-order valence-corrected chi connectivity index (χ4v) is 6.28. The molecule has 35 heavy (non-hydrogen) atoms. The minimum absolute atomic E-state index is 0.201. The van der Waals surface area contributed by atoms with Crippen LogP contribution in [0.5, 0.6) is 0 Å². The molecule has 0 aromatic heterocycles. The summed E-state index contributed by atoms with van der Waals surface area (Å²) in [5.41, 5.74) is 6.17. The Morgan fingerprint density at radius 1 is 1.03 bits per heavy atom. The second kappa shape index (κ2) is 9.49. The quantitative estimate of drug-likeness (QED) is 0.447. The standard InChI is InChI=1S/C27H26ClN3O3S/c1-17-4-2-5-24(26(17)18-7-10-21(28)11-8-18)27(32)30-22-12-9-19-14-23(16-20(19)15-22)31-35(33,34)25-6-3-13-29-25/h2,4-12,15,23,29,31H,3,13-14,16H2,1H3,(H,30,32). The maximum atomic E-state index is 13.3. The van der Waals surface area contributed by atoms with Crippen molar-refractivity contribution in [2.45, 2.75) is 32.2 Å². The summed E-state index contributed by atoms with van der Waals surface area (Å²) < 4.78 is 28.0. The van der Waals surface area contributed by atoms with Crippen molar-refractivity contribution in [3.63, 3.8) is 0 Å². The number of rotatable bonds is 6. The van der Waals surface area contributed by atoms with Crippen LogP contribution in [-0.2, 0) is 22.9 Å². The van der Waals surface area contributed by atoms with E-state index in [4.69, 9.17) is 11.6 Å². The van der Waals surface area contributed by atoms with Gasteiger partial charge in [-0.3, -0.25) is 4.79 Å². The predicted molar refractivity (Wildman–Crippen MR) is 140 cm³/mol. The molecule has 180 valence electrons. The van der Waals surface area contributed by atoms with Gasteiger partial charge in [-0.1, -0.05) is 41.9 Å². The van der Waals surface area contributed by atoms with E-state index >= 15 is 0 Å². The summed E-state index contributed by atoms with van der Waals surface area (Å²) in [5, 5.41) is 6.84. The van der Waals surface area contributed by atoms with Gasteiger partial charge in [0, 0.05) is 28.9 Å². The molecule has 3 N–H and O–H groups in total. The van der Waals surface area contributed by atoms with Crippen LogP contribution >= 0.6 is 11.6 Å². The van der Waals surface area contributed by atoms with Gasteiger partial charge in [0.1, 0.15) is 5.03 Å². The van der Waals surface area contributed by atoms with E-state index in [1.807, 2.05) is 67.6 Å². The van der Waals surface area contributed by atoms with E-state index in [9.17, 15) is 13.2 Å². The molecule has 1 aliphatic heterocycles. The Kier molecular flexibility index (Phi) is 6.40. The lowest BCUT2D eigenvalue weighted by Gasteiger charge is -2.14. The second-order valence-corrected chi connectivity index (χ2v) is 11.1. The van der Waals surface area contributed by atoms with Crippen LogP contribution in [0.4, 0.5) is 5.69 Å². The molecule has 8 heteroatoms. The molecule has 5 rings (SSSR count). The van der Waals surface area contributed by atoms with Gasteiger partial charge in [0.2, 0.25) is 0 Å². The second-order valence-electron chi connectivity index (χ2n) is 8.95. The summed E-state index contributed by atoms with van der Waals surface area (Å²) in [7, 11) is -3.54. The molecule has 1 atom stereocenters. The number of hydrogen-bond acceptors (Lipinski definition) is 4. The molecule has 0 spiro atoms. The Balaban J connectivity index is 1.33. The fourth-order valence-electron chi connectivity index (χ4n) is 4.79. The van der Waals surface area contributed by atoms with Crippen LogP contribution in [0.15, 0.2) is 71.8 Å². The van der Waals surface area contributed by atoms with Crippen LogP contribution in [0, 0.1) is 6.92 Å². The SMILES string of the molecule is Cc1cccc(C(=O)Nc2ccc3c(c2)CC(NS(=O)(=O)C2=CCCN2)C3)c1-c1ccc(Cl)cc1. The molecule has 1 unspecified atom stereocenters. The van der Waals surface area contributed by atoms with Crippen LogP contribution in [0.1, 0.15) is 33.5 Å². The van der Waals surface area contributed by atoms with Crippen molar-refractivity contribution in [1.29, 1.82) is 0 Å². The lowest BCUT2D eigenvalue weighted by atomic mass is 9.94. The number of nitrogens with one attached hydrogen (secondary N) is 3. The number of sulfonamides is 1. The lowest BCUT2D eigenvalue weighted by molar-refractivity contribution is 0.102. The number of aryl methyl sites for hydroxylation is 1. The van der Waals surface area contributed by atoms with Gasteiger partial charge in [-0.2, -0.15) is 0 Å². The van der Waals surface area contributed by atoms with Crippen LogP contribution in [-0.4, -0.2) is 26.9 Å². The first kappa shape index (κ1) is 23.6. The molecular formula is C27H26ClN3O3S. The van der Waals surface area contributed by atoms with E-state index in [-0.39, 0.29) is 17.0 Å². The third-order valence-corrected chi connectivity index (χ3v) is 8.22. The van der Waals surface area contributed by atoms with Crippen molar-refractivity contribution >= 4 is 33.2 Å². The molecule has 6 nitrogen and oxygen atoms in total. The maximum absolute atomic E-state index is 13.3. The van der Waals surface area contributed by atoms with E-state index in [0.29, 0.717) is 42.1 Å². The summed E-state index contributed by atoms with van der Waals surface area (Å²) in [6.07, 6.45) is 3.62. The maximum Gasteiger partial charge on any atom is 0.256 e. The first-order valence-electron chi connectivity index (χ1n) is 11.6. The topological polar surface area (TPSA) is 87.3 Å². The number of benzene rings is 3. The Bertz CT molecular complexity index is 1430. The van der Waals surface area contributed by atoms with Crippen molar-refractivity contribution in [3.05, 3.63) is 99.0 Å². The summed E-state index contributed by atoms with van der Waals surface area (Å²) in [6, 6.07) is 18.7. The first-order chi connectivity index (χ1) is 16.8. The largest absolute Gasteiger partial charge is 0.375 e. The van der Waals surface area contributed by atoms with Gasteiger partial charge in [0.05, 0.1) is 0 Å². The molecule has 3 aromatic carbocycles. The lowest BCUT2D eigenvalue weighted by Crippen LogP contribution is -2.38. The highest BCUT2D eigenvalue weighted by atomic mass is 35.5.